The van der Waals surface area contributed by atoms with Crippen molar-refractivity contribution in [1.82, 2.24) is 5.32 Å². The SMILES string of the molecule is C[C@H](OC(c1ccccc1)(c1ccccc1)c1ccccc1)[C@H](NC(=O)OCC1c2ccccc2-c2ccccc21)C(=O)O. The molecule has 6 nitrogen and oxygen atoms in total. The number of carboxylic acid groups (broad SMARTS) is 1. The Hall–Kier alpha value is -5.20. The quantitative estimate of drug-likeness (QED) is 0.168. The van der Waals surface area contributed by atoms with Gasteiger partial charge in [-0.1, -0.05) is 140 Å². The predicted octanol–water partition coefficient (Wildman–Crippen LogP) is 7.38. The molecule has 0 saturated heterocycles. The van der Waals surface area contributed by atoms with Crippen LogP contribution in [0.3, 0.4) is 0 Å². The highest BCUT2D eigenvalue weighted by Crippen LogP contribution is 2.45. The molecule has 0 spiro atoms. The van der Waals surface area contributed by atoms with Crippen molar-refractivity contribution in [2.24, 2.45) is 0 Å². The highest BCUT2D eigenvalue weighted by Gasteiger charge is 2.42. The molecule has 44 heavy (non-hydrogen) atoms. The largest absolute Gasteiger partial charge is 0.480 e. The van der Waals surface area contributed by atoms with Gasteiger partial charge in [0.1, 0.15) is 12.2 Å². The molecule has 0 aromatic heterocycles. The average Bonchev–Trinajstić information content (AvgIpc) is 3.39. The molecule has 5 aromatic rings. The van der Waals surface area contributed by atoms with E-state index >= 15 is 0 Å². The van der Waals surface area contributed by atoms with Crippen LogP contribution in [0, 0.1) is 0 Å². The lowest BCUT2D eigenvalue weighted by molar-refractivity contribution is -0.146. The summed E-state index contributed by atoms with van der Waals surface area (Å²) in [5.41, 5.74) is 5.71. The number of carbonyl (C=O) groups excluding carboxylic acids is 1. The number of amides is 1. The summed E-state index contributed by atoms with van der Waals surface area (Å²) in [6, 6.07) is 43.8. The summed E-state index contributed by atoms with van der Waals surface area (Å²) in [6.07, 6.45) is -1.78. The van der Waals surface area contributed by atoms with Crippen LogP contribution in [-0.2, 0) is 19.9 Å². The van der Waals surface area contributed by atoms with Gasteiger partial charge in [-0.2, -0.15) is 0 Å². The molecular formula is C38H33NO5. The van der Waals surface area contributed by atoms with Crippen molar-refractivity contribution in [2.45, 2.75) is 30.6 Å². The average molecular weight is 584 g/mol. The predicted molar refractivity (Wildman–Crippen MR) is 169 cm³/mol. The van der Waals surface area contributed by atoms with E-state index in [0.29, 0.717) is 0 Å². The van der Waals surface area contributed by atoms with Crippen LogP contribution in [0.4, 0.5) is 4.79 Å². The van der Waals surface area contributed by atoms with Gasteiger partial charge < -0.3 is 19.9 Å². The van der Waals surface area contributed by atoms with Crippen LogP contribution in [0.2, 0.25) is 0 Å². The van der Waals surface area contributed by atoms with Crippen molar-refractivity contribution in [1.29, 1.82) is 0 Å². The Kier molecular flexibility index (Phi) is 8.26. The monoisotopic (exact) mass is 583 g/mol. The minimum Gasteiger partial charge on any atom is -0.480 e. The summed E-state index contributed by atoms with van der Waals surface area (Å²) >= 11 is 0. The van der Waals surface area contributed by atoms with Crippen LogP contribution < -0.4 is 5.32 Å². The zero-order chi connectivity index (χ0) is 30.5. The molecule has 2 N–H and O–H groups in total. The van der Waals surface area contributed by atoms with E-state index in [1.807, 2.05) is 127 Å². The second-order valence-corrected chi connectivity index (χ2v) is 10.9. The van der Waals surface area contributed by atoms with Gasteiger partial charge in [0.2, 0.25) is 0 Å². The van der Waals surface area contributed by atoms with Gasteiger partial charge in [0, 0.05) is 5.92 Å². The molecule has 0 saturated carbocycles. The number of carboxylic acids is 1. The number of hydrogen-bond acceptors (Lipinski definition) is 4. The third kappa shape index (κ3) is 5.48. The Bertz CT molecular complexity index is 1600. The number of ether oxygens (including phenoxy) is 2. The first-order valence-corrected chi connectivity index (χ1v) is 14.7. The molecule has 1 amide bonds. The second-order valence-electron chi connectivity index (χ2n) is 10.9. The van der Waals surface area contributed by atoms with Crippen molar-refractivity contribution < 1.29 is 24.2 Å². The fourth-order valence-corrected chi connectivity index (χ4v) is 6.22. The van der Waals surface area contributed by atoms with Gasteiger partial charge in [-0.15, -0.1) is 0 Å². The molecule has 6 rings (SSSR count). The maximum Gasteiger partial charge on any atom is 0.407 e. The fourth-order valence-electron chi connectivity index (χ4n) is 6.22. The Morgan fingerprint density at radius 2 is 1.09 bits per heavy atom. The highest BCUT2D eigenvalue weighted by molar-refractivity contribution is 5.81. The number of rotatable bonds is 10. The van der Waals surface area contributed by atoms with E-state index in [0.717, 1.165) is 38.9 Å². The topological polar surface area (TPSA) is 84.9 Å². The number of fused-ring (bicyclic) bond motifs is 3. The van der Waals surface area contributed by atoms with Crippen LogP contribution in [-0.4, -0.2) is 35.9 Å². The molecule has 220 valence electrons. The molecule has 1 aliphatic rings. The number of aliphatic carboxylic acids is 1. The summed E-state index contributed by atoms with van der Waals surface area (Å²) in [5, 5.41) is 12.9. The fraction of sp³-hybridized carbons (Fsp3) is 0.158. The maximum atomic E-state index is 13.2. The molecule has 2 atom stereocenters. The summed E-state index contributed by atoms with van der Waals surface area (Å²) in [7, 11) is 0. The van der Waals surface area contributed by atoms with E-state index in [1.54, 1.807) is 6.92 Å². The first-order chi connectivity index (χ1) is 21.5. The van der Waals surface area contributed by atoms with Gasteiger partial charge in [-0.3, -0.25) is 0 Å². The molecule has 5 aromatic carbocycles. The van der Waals surface area contributed by atoms with E-state index in [-0.39, 0.29) is 12.5 Å². The van der Waals surface area contributed by atoms with Crippen LogP contribution in [0.15, 0.2) is 140 Å². The van der Waals surface area contributed by atoms with Gasteiger partial charge in [0.25, 0.3) is 0 Å². The van der Waals surface area contributed by atoms with Gasteiger partial charge >= 0.3 is 12.1 Å². The summed E-state index contributed by atoms with van der Waals surface area (Å²) in [4.78, 5) is 25.8. The van der Waals surface area contributed by atoms with E-state index in [2.05, 4.69) is 17.4 Å². The Labute approximate surface area is 256 Å². The lowest BCUT2D eigenvalue weighted by Gasteiger charge is -2.39. The Morgan fingerprint density at radius 3 is 1.52 bits per heavy atom. The zero-order valence-corrected chi connectivity index (χ0v) is 24.3. The van der Waals surface area contributed by atoms with E-state index in [1.165, 1.54) is 0 Å². The highest BCUT2D eigenvalue weighted by atomic mass is 16.6. The summed E-state index contributed by atoms with van der Waals surface area (Å²) in [6.45, 7) is 1.73. The van der Waals surface area contributed by atoms with Crippen LogP contribution >= 0.6 is 0 Å². The number of benzene rings is 5. The number of alkyl carbamates (subject to hydrolysis) is 1. The molecule has 0 bridgehead atoms. The molecule has 0 unspecified atom stereocenters. The van der Waals surface area contributed by atoms with Crippen LogP contribution in [0.5, 0.6) is 0 Å². The summed E-state index contributed by atoms with van der Waals surface area (Å²) in [5.74, 6) is -1.37. The second kappa shape index (κ2) is 12.6. The minimum absolute atomic E-state index is 0.0728. The Morgan fingerprint density at radius 1 is 0.682 bits per heavy atom. The van der Waals surface area contributed by atoms with Crippen molar-refractivity contribution >= 4 is 12.1 Å². The van der Waals surface area contributed by atoms with Crippen molar-refractivity contribution in [3.63, 3.8) is 0 Å². The lowest BCUT2D eigenvalue weighted by Crippen LogP contribution is -2.51. The minimum atomic E-state index is -1.39. The summed E-state index contributed by atoms with van der Waals surface area (Å²) < 4.78 is 12.5. The number of hydrogen-bond donors (Lipinski definition) is 2. The zero-order valence-electron chi connectivity index (χ0n) is 24.3. The molecule has 1 aliphatic carbocycles. The molecule has 0 radical (unpaired) electrons. The smallest absolute Gasteiger partial charge is 0.407 e. The first-order valence-electron chi connectivity index (χ1n) is 14.7. The lowest BCUT2D eigenvalue weighted by atomic mass is 9.79. The van der Waals surface area contributed by atoms with Crippen molar-refractivity contribution in [3.8, 4) is 11.1 Å². The molecule has 6 heteroatoms. The third-order valence-electron chi connectivity index (χ3n) is 8.26. The van der Waals surface area contributed by atoms with Gasteiger partial charge in [0.05, 0.1) is 6.10 Å². The first kappa shape index (κ1) is 28.9. The van der Waals surface area contributed by atoms with Gasteiger partial charge in [-0.25, -0.2) is 9.59 Å². The molecule has 0 aliphatic heterocycles. The Balaban J connectivity index is 1.26. The van der Waals surface area contributed by atoms with E-state index in [4.69, 9.17) is 9.47 Å². The van der Waals surface area contributed by atoms with Crippen molar-refractivity contribution in [3.05, 3.63) is 167 Å². The van der Waals surface area contributed by atoms with Crippen molar-refractivity contribution in [2.75, 3.05) is 6.61 Å². The number of carbonyl (C=O) groups is 2. The van der Waals surface area contributed by atoms with Crippen LogP contribution in [0.25, 0.3) is 11.1 Å². The number of nitrogens with one attached hydrogen (secondary N) is 1. The van der Waals surface area contributed by atoms with E-state index in [9.17, 15) is 14.7 Å². The molecular weight excluding hydrogens is 550 g/mol. The third-order valence-corrected chi connectivity index (χ3v) is 8.26. The van der Waals surface area contributed by atoms with Gasteiger partial charge in [-0.05, 0) is 45.9 Å². The van der Waals surface area contributed by atoms with Gasteiger partial charge in [0.15, 0.2) is 6.04 Å². The van der Waals surface area contributed by atoms with Crippen LogP contribution in [0.1, 0.15) is 40.7 Å². The normalized spacial score (nSPS) is 13.8. The molecule has 0 heterocycles. The van der Waals surface area contributed by atoms with E-state index < -0.39 is 29.8 Å². The maximum absolute atomic E-state index is 13.2. The molecule has 0 fully saturated rings. The standard InChI is InChI=1S/C38H33NO5/c1-26(44-38(27-15-5-2-6-16-27,28-17-7-3-8-18-28)29-19-9-4-10-20-29)35(36(40)41)39-37(42)43-25-34-32-23-13-11-21-30(32)31-22-12-14-24-33(31)34/h2-24,26,34-35H,25H2,1H3,(H,39,42)(H,40,41)/t26-,35-/m0/s1.